The van der Waals surface area contributed by atoms with Gasteiger partial charge in [-0.25, -0.2) is 0 Å². The van der Waals surface area contributed by atoms with Crippen molar-refractivity contribution in [3.63, 3.8) is 0 Å². The second kappa shape index (κ2) is 10.7. The Bertz CT molecular complexity index is 682. The van der Waals surface area contributed by atoms with Crippen LogP contribution in [0.2, 0.25) is 0 Å². The van der Waals surface area contributed by atoms with Crippen molar-refractivity contribution in [3.8, 4) is 5.75 Å². The molecule has 0 aliphatic carbocycles. The van der Waals surface area contributed by atoms with Gasteiger partial charge in [0, 0.05) is 18.7 Å². The molecule has 1 unspecified atom stereocenters. The number of aliphatic hydroxyl groups excluding tert-OH is 1. The lowest BCUT2D eigenvalue weighted by Crippen LogP contribution is -2.53. The van der Waals surface area contributed by atoms with Crippen LogP contribution >= 0.6 is 0 Å². The molecule has 2 aromatic rings. The molecule has 0 aromatic heterocycles. The number of benzene rings is 2. The van der Waals surface area contributed by atoms with Crippen LogP contribution in [-0.4, -0.2) is 46.4 Å². The van der Waals surface area contributed by atoms with Crippen molar-refractivity contribution in [2.24, 2.45) is 0 Å². The molecule has 0 saturated carbocycles. The van der Waals surface area contributed by atoms with Crippen LogP contribution in [-0.2, 0) is 6.42 Å². The van der Waals surface area contributed by atoms with E-state index in [1.165, 1.54) is 0 Å². The first-order valence-corrected chi connectivity index (χ1v) is 9.61. The van der Waals surface area contributed by atoms with Crippen LogP contribution in [0.15, 0.2) is 54.6 Å². The van der Waals surface area contributed by atoms with Crippen LogP contribution in [0, 0.1) is 0 Å². The Kier molecular flexibility index (Phi) is 8.30. The van der Waals surface area contributed by atoms with Gasteiger partial charge >= 0.3 is 0 Å². The first-order valence-electron chi connectivity index (χ1n) is 9.61. The molecular formula is C22H30N2O3. The summed E-state index contributed by atoms with van der Waals surface area (Å²) in [6.07, 6.45) is 1.54. The number of hydrogen-bond donors (Lipinski definition) is 3. The third-order valence-electron chi connectivity index (χ3n) is 4.50. The van der Waals surface area contributed by atoms with Crippen LogP contribution in [0.4, 0.5) is 0 Å². The van der Waals surface area contributed by atoms with Gasteiger partial charge in [0.05, 0.1) is 6.04 Å². The predicted octanol–water partition coefficient (Wildman–Crippen LogP) is 3.17. The average molecular weight is 370 g/mol. The number of carbonyl (C=O) groups excluding carboxylic acids is 1. The maximum atomic E-state index is 12.7. The number of phenolic OH excluding ortho intramolecular Hbond substituents is 1. The first-order chi connectivity index (χ1) is 13.0. The van der Waals surface area contributed by atoms with Gasteiger partial charge in [-0.3, -0.25) is 9.69 Å². The van der Waals surface area contributed by atoms with E-state index in [4.69, 9.17) is 0 Å². The molecule has 2 atom stereocenters. The standard InChI is InChI=1S/C22H30N2O3/c1-3-14-24(15-4-2)22(27)20(16-17-10-12-19(25)13-11-17)23-21(26)18-8-6-5-7-9-18/h5-13,20,22,25,27H,3-4,14-16H2,1-2H3,(H,23,26)/t20-,22?/m0/s1. The predicted molar refractivity (Wildman–Crippen MR) is 108 cm³/mol. The summed E-state index contributed by atoms with van der Waals surface area (Å²) in [6.45, 7) is 5.68. The van der Waals surface area contributed by atoms with Gasteiger partial charge in [0.25, 0.3) is 5.91 Å². The molecule has 0 fully saturated rings. The van der Waals surface area contributed by atoms with E-state index in [0.717, 1.165) is 31.5 Å². The zero-order valence-electron chi connectivity index (χ0n) is 16.1. The van der Waals surface area contributed by atoms with Gasteiger partial charge in [0.15, 0.2) is 0 Å². The van der Waals surface area contributed by atoms with Crippen LogP contribution < -0.4 is 5.32 Å². The minimum absolute atomic E-state index is 0.197. The van der Waals surface area contributed by atoms with Gasteiger partial charge in [-0.1, -0.05) is 44.2 Å². The second-order valence-corrected chi connectivity index (χ2v) is 6.77. The smallest absolute Gasteiger partial charge is 0.251 e. The highest BCUT2D eigenvalue weighted by Crippen LogP contribution is 2.15. The van der Waals surface area contributed by atoms with Crippen LogP contribution in [0.5, 0.6) is 5.75 Å². The average Bonchev–Trinajstić information content (AvgIpc) is 2.69. The zero-order chi connectivity index (χ0) is 19.6. The Morgan fingerprint density at radius 1 is 1.00 bits per heavy atom. The summed E-state index contributed by atoms with van der Waals surface area (Å²) in [4.78, 5) is 14.7. The third-order valence-corrected chi connectivity index (χ3v) is 4.50. The summed E-state index contributed by atoms with van der Waals surface area (Å²) >= 11 is 0. The van der Waals surface area contributed by atoms with Crippen LogP contribution in [0.3, 0.4) is 0 Å². The molecule has 5 nitrogen and oxygen atoms in total. The Morgan fingerprint density at radius 3 is 2.15 bits per heavy atom. The highest BCUT2D eigenvalue weighted by atomic mass is 16.3. The normalized spacial score (nSPS) is 13.3. The number of amides is 1. The van der Waals surface area contributed by atoms with Gasteiger partial charge in [-0.05, 0) is 49.1 Å². The van der Waals surface area contributed by atoms with Crippen LogP contribution in [0.25, 0.3) is 0 Å². The summed E-state index contributed by atoms with van der Waals surface area (Å²) in [5.41, 5.74) is 1.51. The molecule has 0 aliphatic heterocycles. The molecule has 5 heteroatoms. The SMILES string of the molecule is CCCN(CCC)C(O)[C@H](Cc1ccc(O)cc1)NC(=O)c1ccccc1. The number of aromatic hydroxyl groups is 1. The van der Waals surface area contributed by atoms with E-state index in [0.29, 0.717) is 12.0 Å². The van der Waals surface area contributed by atoms with Crippen molar-refractivity contribution < 1.29 is 15.0 Å². The summed E-state index contributed by atoms with van der Waals surface area (Å²) in [7, 11) is 0. The largest absolute Gasteiger partial charge is 0.508 e. The maximum absolute atomic E-state index is 12.7. The monoisotopic (exact) mass is 370 g/mol. The number of phenols is 1. The van der Waals surface area contributed by atoms with Gasteiger partial charge in [-0.15, -0.1) is 0 Å². The lowest BCUT2D eigenvalue weighted by molar-refractivity contribution is -0.0230. The van der Waals surface area contributed by atoms with E-state index in [-0.39, 0.29) is 11.7 Å². The number of carbonyl (C=O) groups is 1. The summed E-state index contributed by atoms with van der Waals surface area (Å²) < 4.78 is 0. The minimum Gasteiger partial charge on any atom is -0.508 e. The number of nitrogens with one attached hydrogen (secondary N) is 1. The second-order valence-electron chi connectivity index (χ2n) is 6.77. The van der Waals surface area contributed by atoms with Crippen molar-refractivity contribution in [1.29, 1.82) is 0 Å². The van der Waals surface area contributed by atoms with Gasteiger partial charge in [-0.2, -0.15) is 0 Å². The Morgan fingerprint density at radius 2 is 1.59 bits per heavy atom. The third kappa shape index (κ3) is 6.38. The number of aliphatic hydroxyl groups is 1. The minimum atomic E-state index is -0.786. The molecule has 0 aliphatic rings. The van der Waals surface area contributed by atoms with E-state index in [1.54, 1.807) is 24.3 Å². The molecule has 2 aromatic carbocycles. The fraction of sp³-hybridized carbons (Fsp3) is 0.409. The molecule has 0 saturated heterocycles. The highest BCUT2D eigenvalue weighted by molar-refractivity contribution is 5.94. The number of nitrogens with zero attached hydrogens (tertiary/aromatic N) is 1. The molecule has 146 valence electrons. The van der Waals surface area contributed by atoms with Crippen molar-refractivity contribution in [2.45, 2.75) is 45.4 Å². The Labute approximate surface area is 161 Å². The fourth-order valence-corrected chi connectivity index (χ4v) is 3.16. The molecule has 0 heterocycles. The van der Waals surface area contributed by atoms with Gasteiger partial charge < -0.3 is 15.5 Å². The lowest BCUT2D eigenvalue weighted by atomic mass is 10.0. The van der Waals surface area contributed by atoms with Crippen molar-refractivity contribution in [2.75, 3.05) is 13.1 Å². The molecule has 1 amide bonds. The van der Waals surface area contributed by atoms with E-state index >= 15 is 0 Å². The van der Waals surface area contributed by atoms with Crippen molar-refractivity contribution >= 4 is 5.91 Å². The van der Waals surface area contributed by atoms with E-state index < -0.39 is 12.3 Å². The van der Waals surface area contributed by atoms with Crippen molar-refractivity contribution in [1.82, 2.24) is 10.2 Å². The van der Waals surface area contributed by atoms with Gasteiger partial charge in [0.2, 0.25) is 0 Å². The molecule has 0 radical (unpaired) electrons. The van der Waals surface area contributed by atoms with Crippen LogP contribution in [0.1, 0.15) is 42.6 Å². The van der Waals surface area contributed by atoms with E-state index in [2.05, 4.69) is 19.2 Å². The maximum Gasteiger partial charge on any atom is 0.251 e. The highest BCUT2D eigenvalue weighted by Gasteiger charge is 2.27. The van der Waals surface area contributed by atoms with Gasteiger partial charge in [0.1, 0.15) is 12.0 Å². The fourth-order valence-electron chi connectivity index (χ4n) is 3.16. The molecular weight excluding hydrogens is 340 g/mol. The summed E-state index contributed by atoms with van der Waals surface area (Å²) in [5, 5.41) is 23.5. The topological polar surface area (TPSA) is 72.8 Å². The van der Waals surface area contributed by atoms with E-state index in [1.807, 2.05) is 35.2 Å². The molecule has 27 heavy (non-hydrogen) atoms. The number of rotatable bonds is 10. The molecule has 3 N–H and O–H groups in total. The number of hydrogen-bond acceptors (Lipinski definition) is 4. The van der Waals surface area contributed by atoms with Crippen molar-refractivity contribution in [3.05, 3.63) is 65.7 Å². The summed E-state index contributed by atoms with van der Waals surface area (Å²) in [5.74, 6) is -0.00543. The first kappa shape index (κ1) is 20.9. The zero-order valence-corrected chi connectivity index (χ0v) is 16.1. The Hall–Kier alpha value is -2.37. The Balaban J connectivity index is 2.20. The summed E-state index contributed by atoms with van der Waals surface area (Å²) in [6, 6.07) is 15.4. The lowest BCUT2D eigenvalue weighted by Gasteiger charge is -2.33. The molecule has 2 rings (SSSR count). The molecule has 0 spiro atoms. The van der Waals surface area contributed by atoms with E-state index in [9.17, 15) is 15.0 Å². The molecule has 0 bridgehead atoms. The quantitative estimate of drug-likeness (QED) is 0.562.